The topological polar surface area (TPSA) is 26.3 Å². The number of benzene rings is 1. The standard InChI is InChI=1S/C11H13BrO2/c1-7(13)6-9-4-5-10(14-3)11(12)8(9)2/h4-5H,6H2,1-3H3. The van der Waals surface area contributed by atoms with E-state index in [1.54, 1.807) is 14.0 Å². The first-order valence-electron chi connectivity index (χ1n) is 4.37. The number of Topliss-reactive ketones (excluding diaryl/α,β-unsaturated/α-hetero) is 1. The molecule has 0 saturated carbocycles. The first kappa shape index (κ1) is 11.2. The van der Waals surface area contributed by atoms with Crippen LogP contribution in [0.3, 0.4) is 0 Å². The predicted octanol–water partition coefficient (Wildman–Crippen LogP) is 2.90. The molecule has 0 bridgehead atoms. The van der Waals surface area contributed by atoms with Gasteiger partial charge in [0.15, 0.2) is 0 Å². The molecule has 0 N–H and O–H groups in total. The van der Waals surface area contributed by atoms with E-state index in [4.69, 9.17) is 4.74 Å². The summed E-state index contributed by atoms with van der Waals surface area (Å²) < 4.78 is 6.08. The van der Waals surface area contributed by atoms with Crippen molar-refractivity contribution < 1.29 is 9.53 Å². The van der Waals surface area contributed by atoms with Gasteiger partial charge in [0.25, 0.3) is 0 Å². The third kappa shape index (κ3) is 2.35. The van der Waals surface area contributed by atoms with Crippen LogP contribution in [0.4, 0.5) is 0 Å². The van der Waals surface area contributed by atoms with Crippen LogP contribution in [0.25, 0.3) is 0 Å². The van der Waals surface area contributed by atoms with Gasteiger partial charge in [-0.3, -0.25) is 4.79 Å². The fourth-order valence-corrected chi connectivity index (χ4v) is 1.87. The molecule has 0 spiro atoms. The number of carbonyl (C=O) groups is 1. The van der Waals surface area contributed by atoms with Gasteiger partial charge < -0.3 is 4.74 Å². The van der Waals surface area contributed by atoms with E-state index in [9.17, 15) is 4.79 Å². The molecule has 0 aliphatic heterocycles. The molecule has 0 radical (unpaired) electrons. The Kier molecular flexibility index (Phi) is 3.69. The minimum Gasteiger partial charge on any atom is -0.496 e. The third-order valence-electron chi connectivity index (χ3n) is 2.12. The van der Waals surface area contributed by atoms with Gasteiger partial charge in [-0.1, -0.05) is 6.07 Å². The van der Waals surface area contributed by atoms with Crippen LogP contribution in [-0.4, -0.2) is 12.9 Å². The molecule has 0 aliphatic rings. The van der Waals surface area contributed by atoms with Crippen molar-refractivity contribution in [2.45, 2.75) is 20.3 Å². The van der Waals surface area contributed by atoms with Gasteiger partial charge in [-0.2, -0.15) is 0 Å². The molecule has 0 atom stereocenters. The number of ether oxygens (including phenoxy) is 1. The Morgan fingerprint density at radius 2 is 2.14 bits per heavy atom. The van der Waals surface area contributed by atoms with Crippen molar-refractivity contribution >= 4 is 21.7 Å². The van der Waals surface area contributed by atoms with Crippen LogP contribution in [0.1, 0.15) is 18.1 Å². The highest BCUT2D eigenvalue weighted by Crippen LogP contribution is 2.30. The first-order chi connectivity index (χ1) is 6.56. The minimum atomic E-state index is 0.171. The quantitative estimate of drug-likeness (QED) is 0.832. The molecular formula is C11H13BrO2. The molecule has 0 saturated heterocycles. The van der Waals surface area contributed by atoms with E-state index < -0.39 is 0 Å². The van der Waals surface area contributed by atoms with E-state index in [2.05, 4.69) is 15.9 Å². The highest BCUT2D eigenvalue weighted by Gasteiger charge is 2.08. The van der Waals surface area contributed by atoms with Crippen LogP contribution in [0.15, 0.2) is 16.6 Å². The van der Waals surface area contributed by atoms with Gasteiger partial charge in [0.1, 0.15) is 11.5 Å². The van der Waals surface area contributed by atoms with Gasteiger partial charge in [0.2, 0.25) is 0 Å². The fourth-order valence-electron chi connectivity index (χ4n) is 1.32. The Labute approximate surface area is 92.4 Å². The van der Waals surface area contributed by atoms with Gasteiger partial charge in [-0.15, -0.1) is 0 Å². The molecule has 1 aromatic rings. The van der Waals surface area contributed by atoms with Crippen molar-refractivity contribution in [1.82, 2.24) is 0 Å². The lowest BCUT2D eigenvalue weighted by Gasteiger charge is -2.09. The average molecular weight is 257 g/mol. The van der Waals surface area contributed by atoms with Crippen LogP contribution >= 0.6 is 15.9 Å². The molecular weight excluding hydrogens is 244 g/mol. The van der Waals surface area contributed by atoms with E-state index in [1.165, 1.54) is 0 Å². The molecule has 0 heterocycles. The summed E-state index contributed by atoms with van der Waals surface area (Å²) in [4.78, 5) is 11.0. The maximum absolute atomic E-state index is 11.0. The number of carbonyl (C=O) groups excluding carboxylic acids is 1. The maximum Gasteiger partial charge on any atom is 0.134 e. The molecule has 0 unspecified atom stereocenters. The summed E-state index contributed by atoms with van der Waals surface area (Å²) in [5.74, 6) is 0.972. The summed E-state index contributed by atoms with van der Waals surface area (Å²) in [6, 6.07) is 3.80. The second-order valence-corrected chi connectivity index (χ2v) is 4.04. The molecule has 0 amide bonds. The van der Waals surface area contributed by atoms with Crippen LogP contribution in [0.5, 0.6) is 5.75 Å². The maximum atomic E-state index is 11.0. The van der Waals surface area contributed by atoms with Crippen molar-refractivity contribution in [1.29, 1.82) is 0 Å². The van der Waals surface area contributed by atoms with Crippen molar-refractivity contribution in [2.75, 3.05) is 7.11 Å². The zero-order valence-electron chi connectivity index (χ0n) is 8.56. The van der Waals surface area contributed by atoms with Crippen molar-refractivity contribution in [3.8, 4) is 5.75 Å². The second-order valence-electron chi connectivity index (χ2n) is 3.24. The number of halogens is 1. The Morgan fingerprint density at radius 3 is 2.64 bits per heavy atom. The Hall–Kier alpha value is -0.830. The molecule has 1 rings (SSSR count). The third-order valence-corrected chi connectivity index (χ3v) is 3.11. The smallest absolute Gasteiger partial charge is 0.134 e. The number of hydrogen-bond donors (Lipinski definition) is 0. The van der Waals surface area contributed by atoms with Gasteiger partial charge in [0, 0.05) is 6.42 Å². The lowest BCUT2D eigenvalue weighted by atomic mass is 10.0. The van der Waals surface area contributed by atoms with Gasteiger partial charge in [-0.25, -0.2) is 0 Å². The van der Waals surface area contributed by atoms with Gasteiger partial charge in [-0.05, 0) is 47.0 Å². The number of methoxy groups -OCH3 is 1. The largest absolute Gasteiger partial charge is 0.496 e. The Bertz CT molecular complexity index is 359. The normalized spacial score (nSPS) is 10.0. The fraction of sp³-hybridized carbons (Fsp3) is 0.364. The summed E-state index contributed by atoms with van der Waals surface area (Å²) >= 11 is 3.44. The monoisotopic (exact) mass is 256 g/mol. The number of hydrogen-bond acceptors (Lipinski definition) is 2. The molecule has 76 valence electrons. The zero-order chi connectivity index (χ0) is 10.7. The minimum absolute atomic E-state index is 0.171. The van der Waals surface area contributed by atoms with Gasteiger partial charge in [0.05, 0.1) is 11.6 Å². The van der Waals surface area contributed by atoms with E-state index in [0.717, 1.165) is 21.3 Å². The van der Waals surface area contributed by atoms with E-state index in [-0.39, 0.29) is 5.78 Å². The molecule has 3 heteroatoms. The SMILES string of the molecule is COc1ccc(CC(C)=O)c(C)c1Br. The lowest BCUT2D eigenvalue weighted by Crippen LogP contribution is -2.00. The molecule has 0 fully saturated rings. The Morgan fingerprint density at radius 1 is 1.50 bits per heavy atom. The first-order valence-corrected chi connectivity index (χ1v) is 5.17. The van der Waals surface area contributed by atoms with Crippen LogP contribution in [0, 0.1) is 6.92 Å². The molecule has 0 aromatic heterocycles. The van der Waals surface area contributed by atoms with E-state index in [0.29, 0.717) is 6.42 Å². The second kappa shape index (κ2) is 4.60. The summed E-state index contributed by atoms with van der Waals surface area (Å²) in [6.45, 7) is 3.57. The summed E-state index contributed by atoms with van der Waals surface area (Å²) in [5, 5.41) is 0. The summed E-state index contributed by atoms with van der Waals surface area (Å²) in [6.07, 6.45) is 0.481. The van der Waals surface area contributed by atoms with Crippen molar-refractivity contribution in [3.05, 3.63) is 27.7 Å². The number of ketones is 1. The van der Waals surface area contributed by atoms with Crippen LogP contribution < -0.4 is 4.74 Å². The highest BCUT2D eigenvalue weighted by molar-refractivity contribution is 9.10. The zero-order valence-corrected chi connectivity index (χ0v) is 10.1. The summed E-state index contributed by atoms with van der Waals surface area (Å²) in [7, 11) is 1.63. The van der Waals surface area contributed by atoms with E-state index in [1.807, 2.05) is 19.1 Å². The Balaban J connectivity index is 3.10. The van der Waals surface area contributed by atoms with Crippen molar-refractivity contribution in [2.24, 2.45) is 0 Å². The molecule has 0 aliphatic carbocycles. The average Bonchev–Trinajstić information content (AvgIpc) is 2.13. The summed E-state index contributed by atoms with van der Waals surface area (Å²) in [5.41, 5.74) is 2.12. The lowest BCUT2D eigenvalue weighted by molar-refractivity contribution is -0.116. The molecule has 1 aromatic carbocycles. The number of rotatable bonds is 3. The van der Waals surface area contributed by atoms with Crippen LogP contribution in [-0.2, 0) is 11.2 Å². The van der Waals surface area contributed by atoms with E-state index >= 15 is 0 Å². The molecule has 2 nitrogen and oxygen atoms in total. The highest BCUT2D eigenvalue weighted by atomic mass is 79.9. The molecule has 14 heavy (non-hydrogen) atoms. The van der Waals surface area contributed by atoms with Crippen molar-refractivity contribution in [3.63, 3.8) is 0 Å². The van der Waals surface area contributed by atoms with Crippen LogP contribution in [0.2, 0.25) is 0 Å². The van der Waals surface area contributed by atoms with Gasteiger partial charge >= 0.3 is 0 Å². The predicted molar refractivity (Wildman–Crippen MR) is 59.8 cm³/mol.